The second kappa shape index (κ2) is 5.92. The molecule has 2 aliphatic heterocycles. The number of likely N-dealkylation sites (tertiary alicyclic amines) is 1. The van der Waals surface area contributed by atoms with Gasteiger partial charge in [0, 0.05) is 24.7 Å². The molecule has 1 N–H and O–H groups in total. The molecule has 2 fully saturated rings. The highest BCUT2D eigenvalue weighted by Crippen LogP contribution is 2.46. The van der Waals surface area contributed by atoms with Gasteiger partial charge in [0.2, 0.25) is 11.8 Å². The molecule has 3 rings (SSSR count). The van der Waals surface area contributed by atoms with Gasteiger partial charge < -0.3 is 10.2 Å². The van der Waals surface area contributed by atoms with Crippen LogP contribution in [0.1, 0.15) is 45.4 Å². The van der Waals surface area contributed by atoms with Crippen LogP contribution in [0.25, 0.3) is 0 Å². The second-order valence-corrected chi connectivity index (χ2v) is 9.00. The quantitative estimate of drug-likeness (QED) is 0.830. The highest BCUT2D eigenvalue weighted by atomic mass is 32.2. The number of amides is 2. The van der Waals surface area contributed by atoms with Gasteiger partial charge >= 0.3 is 0 Å². The minimum Gasteiger partial charge on any atom is -0.351 e. The summed E-state index contributed by atoms with van der Waals surface area (Å²) in [6.07, 6.45) is 5.95. The molecule has 0 bridgehead atoms. The molecule has 0 saturated carbocycles. The van der Waals surface area contributed by atoms with Crippen molar-refractivity contribution in [2.75, 3.05) is 18.1 Å². The molecular weight excluding hydrogens is 316 g/mol. The molecule has 2 saturated heterocycles. The zero-order valence-electron chi connectivity index (χ0n) is 13.5. The molecule has 0 aromatic carbocycles. The Hall–Kier alpha value is -1.37. The van der Waals surface area contributed by atoms with Crippen LogP contribution < -0.4 is 5.32 Å². The molecule has 2 heterocycles. The van der Waals surface area contributed by atoms with Crippen LogP contribution in [0.15, 0.2) is 11.8 Å². The first-order valence-electron chi connectivity index (χ1n) is 8.40. The second-order valence-electron chi connectivity index (χ2n) is 6.78. The fourth-order valence-electron chi connectivity index (χ4n) is 4.10. The molecule has 0 spiro atoms. The standard InChI is InChI=1S/C16H24N2O4S/c1-2-18-13-5-3-4-8-16(13,9-6-14(18)19)15(20)17-12-7-10-23(21,22)11-12/h5,12H,2-4,6-11H2,1H3,(H,17,20). The molecule has 23 heavy (non-hydrogen) atoms. The van der Waals surface area contributed by atoms with Gasteiger partial charge in [-0.05, 0) is 39.0 Å². The van der Waals surface area contributed by atoms with Gasteiger partial charge in [-0.1, -0.05) is 6.08 Å². The maximum absolute atomic E-state index is 13.0. The fourth-order valence-corrected chi connectivity index (χ4v) is 5.77. The summed E-state index contributed by atoms with van der Waals surface area (Å²) < 4.78 is 23.2. The number of fused-ring (bicyclic) bond motifs is 1. The Morgan fingerprint density at radius 2 is 2.22 bits per heavy atom. The van der Waals surface area contributed by atoms with Crippen LogP contribution in [-0.4, -0.2) is 49.2 Å². The molecule has 6 nitrogen and oxygen atoms in total. The Kier molecular flexibility index (Phi) is 4.25. The summed E-state index contributed by atoms with van der Waals surface area (Å²) in [5.74, 6) is 0.154. The van der Waals surface area contributed by atoms with E-state index in [2.05, 4.69) is 5.32 Å². The molecule has 0 radical (unpaired) electrons. The summed E-state index contributed by atoms with van der Waals surface area (Å²) in [6, 6.07) is -0.294. The van der Waals surface area contributed by atoms with Crippen molar-refractivity contribution in [1.82, 2.24) is 10.2 Å². The van der Waals surface area contributed by atoms with E-state index in [0.29, 0.717) is 25.8 Å². The summed E-state index contributed by atoms with van der Waals surface area (Å²) in [5, 5.41) is 2.96. The SMILES string of the molecule is CCN1C(=O)CCC2(C(=O)NC3CCS(=O)(=O)C3)CCCC=C12. The van der Waals surface area contributed by atoms with Crippen LogP contribution in [-0.2, 0) is 19.4 Å². The van der Waals surface area contributed by atoms with Gasteiger partial charge in [0.25, 0.3) is 0 Å². The molecule has 7 heteroatoms. The molecule has 0 aromatic rings. The number of hydrogen-bond donors (Lipinski definition) is 1. The predicted molar refractivity (Wildman–Crippen MR) is 86.2 cm³/mol. The molecule has 2 atom stereocenters. The van der Waals surface area contributed by atoms with Crippen LogP contribution >= 0.6 is 0 Å². The Bertz CT molecular complexity index is 655. The van der Waals surface area contributed by atoms with Crippen LogP contribution in [0, 0.1) is 5.41 Å². The lowest BCUT2D eigenvalue weighted by Crippen LogP contribution is -2.54. The highest BCUT2D eigenvalue weighted by molar-refractivity contribution is 7.91. The molecule has 1 aliphatic carbocycles. The number of hydrogen-bond acceptors (Lipinski definition) is 4. The van der Waals surface area contributed by atoms with Crippen molar-refractivity contribution in [3.63, 3.8) is 0 Å². The van der Waals surface area contributed by atoms with Gasteiger partial charge in [-0.25, -0.2) is 8.42 Å². The Balaban J connectivity index is 1.83. The Labute approximate surface area is 137 Å². The van der Waals surface area contributed by atoms with Crippen molar-refractivity contribution in [1.29, 1.82) is 0 Å². The van der Waals surface area contributed by atoms with E-state index in [4.69, 9.17) is 0 Å². The van der Waals surface area contributed by atoms with Gasteiger partial charge in [0.05, 0.1) is 16.9 Å². The lowest BCUT2D eigenvalue weighted by atomic mass is 9.69. The van der Waals surface area contributed by atoms with E-state index in [1.807, 2.05) is 13.0 Å². The molecular formula is C16H24N2O4S. The Morgan fingerprint density at radius 1 is 1.43 bits per heavy atom. The zero-order chi connectivity index (χ0) is 16.7. The van der Waals surface area contributed by atoms with E-state index in [1.165, 1.54) is 0 Å². The van der Waals surface area contributed by atoms with Gasteiger partial charge in [0.1, 0.15) is 0 Å². The summed E-state index contributed by atoms with van der Waals surface area (Å²) in [7, 11) is -3.02. The van der Waals surface area contributed by atoms with Crippen molar-refractivity contribution in [2.24, 2.45) is 5.41 Å². The highest BCUT2D eigenvalue weighted by Gasteiger charge is 2.49. The van der Waals surface area contributed by atoms with E-state index in [9.17, 15) is 18.0 Å². The van der Waals surface area contributed by atoms with Crippen molar-refractivity contribution >= 4 is 21.7 Å². The molecule has 2 amide bonds. The van der Waals surface area contributed by atoms with Gasteiger partial charge in [0.15, 0.2) is 9.84 Å². The minimum atomic E-state index is -3.02. The zero-order valence-corrected chi connectivity index (χ0v) is 14.3. The van der Waals surface area contributed by atoms with E-state index >= 15 is 0 Å². The first kappa shape index (κ1) is 16.5. The number of piperidine rings is 1. The normalized spacial score (nSPS) is 33.1. The maximum Gasteiger partial charge on any atom is 0.232 e. The van der Waals surface area contributed by atoms with E-state index in [1.54, 1.807) is 4.90 Å². The third-order valence-corrected chi connectivity index (χ3v) is 7.08. The number of rotatable bonds is 3. The van der Waals surface area contributed by atoms with Crippen molar-refractivity contribution in [3.05, 3.63) is 11.8 Å². The van der Waals surface area contributed by atoms with Gasteiger partial charge in [-0.15, -0.1) is 0 Å². The largest absolute Gasteiger partial charge is 0.351 e. The number of carbonyl (C=O) groups is 2. The summed E-state index contributed by atoms with van der Waals surface area (Å²) in [6.45, 7) is 2.49. The average molecular weight is 340 g/mol. The van der Waals surface area contributed by atoms with Crippen molar-refractivity contribution in [2.45, 2.75) is 51.5 Å². The third kappa shape index (κ3) is 2.91. The predicted octanol–water partition coefficient (Wildman–Crippen LogP) is 0.986. The number of allylic oxidation sites excluding steroid dienone is 1. The first-order valence-corrected chi connectivity index (χ1v) is 10.2. The van der Waals surface area contributed by atoms with Gasteiger partial charge in [-0.2, -0.15) is 0 Å². The number of carbonyl (C=O) groups excluding carboxylic acids is 2. The van der Waals surface area contributed by atoms with Crippen molar-refractivity contribution in [3.8, 4) is 0 Å². The van der Waals surface area contributed by atoms with Gasteiger partial charge in [-0.3, -0.25) is 9.59 Å². The van der Waals surface area contributed by atoms with Crippen LogP contribution in [0.2, 0.25) is 0 Å². The number of sulfone groups is 1. The lowest BCUT2D eigenvalue weighted by Gasteiger charge is -2.46. The summed E-state index contributed by atoms with van der Waals surface area (Å²) in [5.41, 5.74) is 0.176. The van der Waals surface area contributed by atoms with E-state index < -0.39 is 15.3 Å². The van der Waals surface area contributed by atoms with E-state index in [-0.39, 0.29) is 29.4 Å². The third-order valence-electron chi connectivity index (χ3n) is 5.31. The number of nitrogens with zero attached hydrogens (tertiary/aromatic N) is 1. The minimum absolute atomic E-state index is 0.0320. The maximum atomic E-state index is 13.0. The Morgan fingerprint density at radius 3 is 2.87 bits per heavy atom. The van der Waals surface area contributed by atoms with Crippen LogP contribution in [0.3, 0.4) is 0 Å². The topological polar surface area (TPSA) is 83.6 Å². The smallest absolute Gasteiger partial charge is 0.232 e. The fraction of sp³-hybridized carbons (Fsp3) is 0.750. The summed E-state index contributed by atoms with van der Waals surface area (Å²) >= 11 is 0. The van der Waals surface area contributed by atoms with Crippen LogP contribution in [0.5, 0.6) is 0 Å². The lowest BCUT2D eigenvalue weighted by molar-refractivity contribution is -0.140. The molecule has 3 aliphatic rings. The molecule has 128 valence electrons. The van der Waals surface area contributed by atoms with Crippen molar-refractivity contribution < 1.29 is 18.0 Å². The summed E-state index contributed by atoms with van der Waals surface area (Å²) in [4.78, 5) is 26.9. The molecule has 2 unspecified atom stereocenters. The molecule has 0 aromatic heterocycles. The first-order chi connectivity index (χ1) is 10.9. The van der Waals surface area contributed by atoms with Crippen LogP contribution in [0.4, 0.5) is 0 Å². The monoisotopic (exact) mass is 340 g/mol. The number of nitrogens with one attached hydrogen (secondary N) is 1. The average Bonchev–Trinajstić information content (AvgIpc) is 2.86. The van der Waals surface area contributed by atoms with E-state index in [0.717, 1.165) is 25.0 Å².